The predicted molar refractivity (Wildman–Crippen MR) is 90.2 cm³/mol. The molecule has 0 saturated carbocycles. The highest BCUT2D eigenvalue weighted by atomic mass is 15.3. The molecule has 0 bridgehead atoms. The van der Waals surface area contributed by atoms with Gasteiger partial charge in [-0.3, -0.25) is 4.90 Å². The van der Waals surface area contributed by atoms with Crippen molar-refractivity contribution >= 4 is 11.4 Å². The third-order valence-electron chi connectivity index (χ3n) is 4.43. The average molecular weight is 280 g/mol. The van der Waals surface area contributed by atoms with E-state index in [-0.39, 0.29) is 0 Å². The molecule has 0 saturated heterocycles. The first kappa shape index (κ1) is 14.2. The van der Waals surface area contributed by atoms with E-state index in [0.717, 1.165) is 19.3 Å². The van der Waals surface area contributed by atoms with Crippen molar-refractivity contribution in [3.63, 3.8) is 0 Å². The van der Waals surface area contributed by atoms with Gasteiger partial charge in [-0.2, -0.15) is 0 Å². The molecule has 1 aliphatic rings. The van der Waals surface area contributed by atoms with E-state index in [1.807, 2.05) is 0 Å². The van der Waals surface area contributed by atoms with Crippen LogP contribution in [0.3, 0.4) is 0 Å². The summed E-state index contributed by atoms with van der Waals surface area (Å²) in [7, 11) is 4.34. The molecule has 21 heavy (non-hydrogen) atoms. The molecule has 1 heterocycles. The Morgan fingerprint density at radius 3 is 1.81 bits per heavy atom. The molecule has 110 valence electrons. The van der Waals surface area contributed by atoms with Crippen LogP contribution in [0, 0.1) is 0 Å². The molecule has 0 radical (unpaired) electrons. The van der Waals surface area contributed by atoms with Gasteiger partial charge in [0.25, 0.3) is 0 Å². The molecular formula is C19H24N2. The second-order valence-electron chi connectivity index (χ2n) is 5.98. The van der Waals surface area contributed by atoms with Crippen LogP contribution in [0.15, 0.2) is 48.5 Å². The van der Waals surface area contributed by atoms with Gasteiger partial charge in [0, 0.05) is 11.4 Å². The summed E-state index contributed by atoms with van der Waals surface area (Å²) in [5.74, 6) is 0. The molecule has 0 spiro atoms. The Morgan fingerprint density at radius 1 is 0.905 bits per heavy atom. The molecule has 1 unspecified atom stereocenters. The molecule has 1 aliphatic heterocycles. The van der Waals surface area contributed by atoms with E-state index in [0.29, 0.717) is 6.17 Å². The van der Waals surface area contributed by atoms with Crippen LogP contribution in [-0.2, 0) is 12.8 Å². The van der Waals surface area contributed by atoms with Gasteiger partial charge in [-0.1, -0.05) is 43.3 Å². The largest absolute Gasteiger partial charge is 0.325 e. The van der Waals surface area contributed by atoms with Crippen molar-refractivity contribution in [3.8, 4) is 0 Å². The molecule has 2 aromatic rings. The normalized spacial score (nSPS) is 15.3. The number of hydrogen-bond acceptors (Lipinski definition) is 2. The SMILES string of the molecule is CCC(N(C)C)N1c2ccccc2CCc2ccccc21. The van der Waals surface area contributed by atoms with Gasteiger partial charge >= 0.3 is 0 Å². The number of nitrogens with zero attached hydrogens (tertiary/aromatic N) is 2. The summed E-state index contributed by atoms with van der Waals surface area (Å²) in [6.45, 7) is 2.26. The van der Waals surface area contributed by atoms with Crippen molar-refractivity contribution in [2.75, 3.05) is 19.0 Å². The van der Waals surface area contributed by atoms with Crippen LogP contribution in [0.2, 0.25) is 0 Å². The van der Waals surface area contributed by atoms with Gasteiger partial charge in [-0.25, -0.2) is 0 Å². The number of hydrogen-bond donors (Lipinski definition) is 0. The zero-order chi connectivity index (χ0) is 14.8. The van der Waals surface area contributed by atoms with E-state index in [4.69, 9.17) is 0 Å². The molecule has 2 heteroatoms. The monoisotopic (exact) mass is 280 g/mol. The van der Waals surface area contributed by atoms with Gasteiger partial charge in [0.15, 0.2) is 0 Å². The number of para-hydroxylation sites is 2. The fourth-order valence-electron chi connectivity index (χ4n) is 3.41. The Morgan fingerprint density at radius 2 is 1.38 bits per heavy atom. The Balaban J connectivity index is 2.19. The first-order valence-electron chi connectivity index (χ1n) is 7.84. The number of benzene rings is 2. The van der Waals surface area contributed by atoms with E-state index < -0.39 is 0 Å². The number of aryl methyl sites for hydroxylation is 2. The summed E-state index contributed by atoms with van der Waals surface area (Å²) in [6, 6.07) is 17.7. The van der Waals surface area contributed by atoms with Gasteiger partial charge in [0.1, 0.15) is 0 Å². The van der Waals surface area contributed by atoms with Crippen LogP contribution in [0.4, 0.5) is 11.4 Å². The lowest BCUT2D eigenvalue weighted by atomic mass is 10.0. The lowest BCUT2D eigenvalue weighted by Gasteiger charge is -2.38. The van der Waals surface area contributed by atoms with Crippen LogP contribution < -0.4 is 4.90 Å². The molecule has 0 amide bonds. The van der Waals surface area contributed by atoms with Gasteiger partial charge in [0.2, 0.25) is 0 Å². The standard InChI is InChI=1S/C19H24N2/c1-4-19(20(2)3)21-17-11-7-5-9-15(17)13-14-16-10-6-8-12-18(16)21/h5-12,19H,4,13-14H2,1-3H3. The minimum absolute atomic E-state index is 0.380. The average Bonchev–Trinajstić information content (AvgIpc) is 2.66. The van der Waals surface area contributed by atoms with Crippen LogP contribution in [0.25, 0.3) is 0 Å². The van der Waals surface area contributed by atoms with Crippen LogP contribution in [0.1, 0.15) is 24.5 Å². The summed E-state index contributed by atoms with van der Waals surface area (Å²) >= 11 is 0. The number of anilines is 2. The summed E-state index contributed by atoms with van der Waals surface area (Å²) in [4.78, 5) is 4.84. The van der Waals surface area contributed by atoms with Crippen molar-refractivity contribution in [3.05, 3.63) is 59.7 Å². The maximum Gasteiger partial charge on any atom is 0.0862 e. The predicted octanol–water partition coefficient (Wildman–Crippen LogP) is 4.22. The molecule has 2 nitrogen and oxygen atoms in total. The van der Waals surface area contributed by atoms with E-state index >= 15 is 0 Å². The van der Waals surface area contributed by atoms with Crippen molar-refractivity contribution in [2.45, 2.75) is 32.4 Å². The van der Waals surface area contributed by atoms with E-state index in [1.165, 1.54) is 22.5 Å². The maximum absolute atomic E-state index is 2.53. The highest BCUT2D eigenvalue weighted by Crippen LogP contribution is 2.38. The van der Waals surface area contributed by atoms with Gasteiger partial charge in [-0.15, -0.1) is 0 Å². The minimum atomic E-state index is 0.380. The van der Waals surface area contributed by atoms with Gasteiger partial charge < -0.3 is 4.90 Å². The first-order valence-corrected chi connectivity index (χ1v) is 7.84. The summed E-state index contributed by atoms with van der Waals surface area (Å²) in [6.07, 6.45) is 3.71. The van der Waals surface area contributed by atoms with Crippen molar-refractivity contribution < 1.29 is 0 Å². The summed E-state index contributed by atoms with van der Waals surface area (Å²) < 4.78 is 0. The second kappa shape index (κ2) is 5.90. The van der Waals surface area contributed by atoms with E-state index in [2.05, 4.69) is 79.3 Å². The Bertz CT molecular complexity index is 571. The molecule has 0 aliphatic carbocycles. The molecule has 3 rings (SSSR count). The molecule has 1 atom stereocenters. The Hall–Kier alpha value is -1.80. The van der Waals surface area contributed by atoms with Gasteiger partial charge in [0.05, 0.1) is 6.17 Å². The quantitative estimate of drug-likeness (QED) is 0.830. The Kier molecular flexibility index (Phi) is 3.98. The topological polar surface area (TPSA) is 6.48 Å². The highest BCUT2D eigenvalue weighted by Gasteiger charge is 2.26. The van der Waals surface area contributed by atoms with Crippen LogP contribution >= 0.6 is 0 Å². The number of rotatable bonds is 3. The lowest BCUT2D eigenvalue weighted by molar-refractivity contribution is 0.290. The van der Waals surface area contributed by atoms with Crippen molar-refractivity contribution in [1.29, 1.82) is 0 Å². The minimum Gasteiger partial charge on any atom is -0.325 e. The molecule has 0 aromatic heterocycles. The summed E-state index contributed by atoms with van der Waals surface area (Å²) in [5, 5.41) is 0. The van der Waals surface area contributed by atoms with Crippen LogP contribution in [-0.4, -0.2) is 25.2 Å². The molecule has 0 fully saturated rings. The third-order valence-corrected chi connectivity index (χ3v) is 4.43. The molecule has 2 aromatic carbocycles. The second-order valence-corrected chi connectivity index (χ2v) is 5.98. The summed E-state index contributed by atoms with van der Waals surface area (Å²) in [5.41, 5.74) is 5.63. The zero-order valence-electron chi connectivity index (χ0n) is 13.2. The van der Waals surface area contributed by atoms with Crippen molar-refractivity contribution in [2.24, 2.45) is 0 Å². The van der Waals surface area contributed by atoms with E-state index in [9.17, 15) is 0 Å². The zero-order valence-corrected chi connectivity index (χ0v) is 13.2. The third kappa shape index (κ3) is 2.56. The van der Waals surface area contributed by atoms with Crippen LogP contribution in [0.5, 0.6) is 0 Å². The van der Waals surface area contributed by atoms with Crippen molar-refractivity contribution in [1.82, 2.24) is 4.90 Å². The fraction of sp³-hybridized carbons (Fsp3) is 0.368. The fourth-order valence-corrected chi connectivity index (χ4v) is 3.41. The first-order chi connectivity index (χ1) is 10.2. The van der Waals surface area contributed by atoms with Gasteiger partial charge in [-0.05, 0) is 56.6 Å². The maximum atomic E-state index is 2.53. The highest BCUT2D eigenvalue weighted by molar-refractivity contribution is 5.71. The molecule has 0 N–H and O–H groups in total. The number of fused-ring (bicyclic) bond motifs is 2. The molecular weight excluding hydrogens is 256 g/mol. The van der Waals surface area contributed by atoms with E-state index in [1.54, 1.807) is 0 Å². The Labute approximate surface area is 128 Å². The lowest BCUT2D eigenvalue weighted by Crippen LogP contribution is -2.42. The smallest absolute Gasteiger partial charge is 0.0862 e.